The van der Waals surface area contributed by atoms with Crippen LogP contribution in [0.25, 0.3) is 0 Å². The van der Waals surface area contributed by atoms with Crippen LogP contribution in [-0.4, -0.2) is 33.5 Å². The molecule has 0 bridgehead atoms. The maximum Gasteiger partial charge on any atom is 0.243 e. The predicted molar refractivity (Wildman–Crippen MR) is 97.0 cm³/mol. The summed E-state index contributed by atoms with van der Waals surface area (Å²) in [6.45, 7) is 2.65. The number of halogens is 1. The van der Waals surface area contributed by atoms with Crippen molar-refractivity contribution in [2.45, 2.75) is 18.4 Å². The number of hydrogen-bond donors (Lipinski definition) is 0. The zero-order valence-electron chi connectivity index (χ0n) is 13.8. The van der Waals surface area contributed by atoms with E-state index >= 15 is 0 Å². The van der Waals surface area contributed by atoms with Crippen molar-refractivity contribution in [3.63, 3.8) is 0 Å². The van der Waals surface area contributed by atoms with E-state index in [1.807, 2.05) is 31.2 Å². The van der Waals surface area contributed by atoms with Gasteiger partial charge in [0.05, 0.1) is 23.1 Å². The van der Waals surface area contributed by atoms with Crippen LogP contribution in [0.3, 0.4) is 0 Å². The van der Waals surface area contributed by atoms with Gasteiger partial charge < -0.3 is 9.47 Å². The zero-order valence-corrected chi connectivity index (χ0v) is 16.2. The molecule has 2 rings (SSSR count). The summed E-state index contributed by atoms with van der Waals surface area (Å²) in [7, 11) is -0.540. The quantitative estimate of drug-likeness (QED) is 0.694. The molecule has 0 unspecified atom stereocenters. The summed E-state index contributed by atoms with van der Waals surface area (Å²) >= 11 is 3.32. The number of ether oxygens (including phenoxy) is 2. The Morgan fingerprint density at radius 1 is 1.12 bits per heavy atom. The first-order valence-electron chi connectivity index (χ1n) is 7.40. The summed E-state index contributed by atoms with van der Waals surface area (Å²) in [5.41, 5.74) is 0.818. The van der Waals surface area contributed by atoms with E-state index in [2.05, 4.69) is 15.9 Å². The molecule has 0 amide bonds. The highest BCUT2D eigenvalue weighted by Gasteiger charge is 2.23. The molecule has 0 spiro atoms. The maximum absolute atomic E-state index is 12.8. The molecule has 0 radical (unpaired) electrons. The molecule has 0 N–H and O–H groups in total. The van der Waals surface area contributed by atoms with Crippen LogP contribution in [-0.2, 0) is 16.6 Å². The molecule has 130 valence electrons. The van der Waals surface area contributed by atoms with Crippen LogP contribution in [0, 0.1) is 0 Å². The Hall–Kier alpha value is -1.57. The fraction of sp³-hybridized carbons (Fsp3) is 0.294. The van der Waals surface area contributed by atoms with Gasteiger partial charge in [-0.2, -0.15) is 4.31 Å². The van der Waals surface area contributed by atoms with Crippen LogP contribution in [0.15, 0.2) is 51.8 Å². The first-order chi connectivity index (χ1) is 11.4. The van der Waals surface area contributed by atoms with Gasteiger partial charge in [-0.05, 0) is 47.1 Å². The van der Waals surface area contributed by atoms with Crippen LogP contribution in [0.5, 0.6) is 11.5 Å². The predicted octanol–water partition coefficient (Wildman–Crippen LogP) is 3.68. The van der Waals surface area contributed by atoms with Gasteiger partial charge in [-0.25, -0.2) is 8.42 Å². The monoisotopic (exact) mass is 413 g/mol. The van der Waals surface area contributed by atoms with Crippen LogP contribution < -0.4 is 9.47 Å². The summed E-state index contributed by atoms with van der Waals surface area (Å²) in [6, 6.07) is 12.1. The highest BCUT2D eigenvalue weighted by atomic mass is 79.9. The van der Waals surface area contributed by atoms with Crippen LogP contribution in [0.1, 0.15) is 12.5 Å². The second kappa shape index (κ2) is 8.00. The van der Waals surface area contributed by atoms with Crippen molar-refractivity contribution < 1.29 is 17.9 Å². The Bertz CT molecular complexity index is 808. The highest BCUT2D eigenvalue weighted by molar-refractivity contribution is 9.10. The highest BCUT2D eigenvalue weighted by Crippen LogP contribution is 2.29. The Balaban J connectivity index is 2.28. The smallest absolute Gasteiger partial charge is 0.243 e. The average Bonchev–Trinajstić information content (AvgIpc) is 2.56. The molecule has 0 aromatic heterocycles. The lowest BCUT2D eigenvalue weighted by Gasteiger charge is -2.19. The first kappa shape index (κ1) is 18.8. The fourth-order valence-electron chi connectivity index (χ4n) is 2.24. The number of methoxy groups -OCH3 is 1. The molecule has 0 aliphatic rings. The molecule has 0 aliphatic heterocycles. The summed E-state index contributed by atoms with van der Waals surface area (Å²) in [6.07, 6.45) is 0. The van der Waals surface area contributed by atoms with Gasteiger partial charge >= 0.3 is 0 Å². The minimum absolute atomic E-state index is 0.201. The molecule has 0 aliphatic carbocycles. The third-order valence-corrected chi connectivity index (χ3v) is 5.92. The maximum atomic E-state index is 12.8. The molecule has 5 nitrogen and oxygen atoms in total. The largest absolute Gasteiger partial charge is 0.496 e. The lowest BCUT2D eigenvalue weighted by Crippen LogP contribution is -2.26. The molecular weight excluding hydrogens is 394 g/mol. The standard InChI is InChI=1S/C17H20BrNO4S/c1-4-23-16-8-6-5-7-13(16)12-19(2)24(20,21)14-9-10-17(22-3)15(18)11-14/h5-11H,4,12H2,1-3H3. The van der Waals surface area contributed by atoms with Gasteiger partial charge in [0, 0.05) is 19.2 Å². The van der Waals surface area contributed by atoms with Gasteiger partial charge in [-0.3, -0.25) is 0 Å². The zero-order chi connectivity index (χ0) is 17.7. The van der Waals surface area contributed by atoms with E-state index in [1.165, 1.54) is 17.5 Å². The van der Waals surface area contributed by atoms with Crippen LogP contribution >= 0.6 is 15.9 Å². The van der Waals surface area contributed by atoms with E-state index in [-0.39, 0.29) is 11.4 Å². The van der Waals surface area contributed by atoms with Gasteiger partial charge in [0.2, 0.25) is 10.0 Å². The molecule has 7 heteroatoms. The van der Waals surface area contributed by atoms with E-state index in [9.17, 15) is 8.42 Å². The van der Waals surface area contributed by atoms with E-state index in [0.717, 1.165) is 5.56 Å². The average molecular weight is 414 g/mol. The third kappa shape index (κ3) is 4.09. The molecule has 0 saturated carbocycles. The minimum atomic E-state index is -3.62. The van der Waals surface area contributed by atoms with Crippen molar-refractivity contribution in [3.8, 4) is 11.5 Å². The molecule has 2 aromatic carbocycles. The van der Waals surface area contributed by atoms with Crippen LogP contribution in [0.4, 0.5) is 0 Å². The van der Waals surface area contributed by atoms with Gasteiger partial charge in [-0.1, -0.05) is 18.2 Å². The SMILES string of the molecule is CCOc1ccccc1CN(C)S(=O)(=O)c1ccc(OC)c(Br)c1. The molecule has 0 saturated heterocycles. The molecule has 0 fully saturated rings. The molecule has 2 aromatic rings. The number of sulfonamides is 1. The molecular formula is C17H20BrNO4S. The summed E-state index contributed by atoms with van der Waals surface area (Å²) in [5.74, 6) is 1.27. The molecule has 0 heterocycles. The minimum Gasteiger partial charge on any atom is -0.496 e. The summed E-state index contributed by atoms with van der Waals surface area (Å²) in [5, 5.41) is 0. The van der Waals surface area contributed by atoms with Gasteiger partial charge in [0.25, 0.3) is 0 Å². The number of benzene rings is 2. The fourth-order valence-corrected chi connectivity index (χ4v) is 4.11. The van der Waals surface area contributed by atoms with E-state index in [4.69, 9.17) is 9.47 Å². The van der Waals surface area contributed by atoms with Crippen molar-refractivity contribution in [3.05, 3.63) is 52.5 Å². The first-order valence-corrected chi connectivity index (χ1v) is 9.64. The van der Waals surface area contributed by atoms with Crippen molar-refractivity contribution in [2.24, 2.45) is 0 Å². The van der Waals surface area contributed by atoms with Crippen molar-refractivity contribution in [1.82, 2.24) is 4.31 Å². The third-order valence-electron chi connectivity index (χ3n) is 3.50. The van der Waals surface area contributed by atoms with E-state index in [0.29, 0.717) is 22.6 Å². The molecule has 24 heavy (non-hydrogen) atoms. The van der Waals surface area contributed by atoms with Crippen molar-refractivity contribution in [2.75, 3.05) is 20.8 Å². The lowest BCUT2D eigenvalue weighted by molar-refractivity contribution is 0.332. The van der Waals surface area contributed by atoms with Crippen molar-refractivity contribution in [1.29, 1.82) is 0 Å². The van der Waals surface area contributed by atoms with Gasteiger partial charge in [0.15, 0.2) is 0 Å². The van der Waals surface area contributed by atoms with Gasteiger partial charge in [0.1, 0.15) is 11.5 Å². The lowest BCUT2D eigenvalue weighted by atomic mass is 10.2. The second-order valence-electron chi connectivity index (χ2n) is 5.10. The van der Waals surface area contributed by atoms with E-state index < -0.39 is 10.0 Å². The number of rotatable bonds is 7. The molecule has 0 atom stereocenters. The number of nitrogens with zero attached hydrogens (tertiary/aromatic N) is 1. The summed E-state index contributed by atoms with van der Waals surface area (Å²) < 4.78 is 38.2. The Morgan fingerprint density at radius 2 is 1.83 bits per heavy atom. The summed E-state index contributed by atoms with van der Waals surface area (Å²) in [4.78, 5) is 0.201. The Labute approximate surface area is 151 Å². The Kier molecular flexibility index (Phi) is 6.26. The number of hydrogen-bond acceptors (Lipinski definition) is 4. The van der Waals surface area contributed by atoms with Gasteiger partial charge in [-0.15, -0.1) is 0 Å². The van der Waals surface area contributed by atoms with Crippen LogP contribution in [0.2, 0.25) is 0 Å². The van der Waals surface area contributed by atoms with Crippen molar-refractivity contribution >= 4 is 26.0 Å². The normalized spacial score (nSPS) is 11.5. The van der Waals surface area contributed by atoms with E-state index in [1.54, 1.807) is 19.2 Å². The number of para-hydroxylation sites is 1. The topological polar surface area (TPSA) is 55.8 Å². The Morgan fingerprint density at radius 3 is 2.46 bits per heavy atom. The second-order valence-corrected chi connectivity index (χ2v) is 8.00.